The maximum Gasteiger partial charge on any atom is 0.418 e. The fourth-order valence-corrected chi connectivity index (χ4v) is 6.48. The third kappa shape index (κ3) is 4.83. The number of rotatable bonds is 6. The Hall–Kier alpha value is -1.85. The van der Waals surface area contributed by atoms with Gasteiger partial charge in [-0.2, -0.15) is 13.2 Å². The molecule has 2 aliphatic heterocycles. The Morgan fingerprint density at radius 1 is 1.32 bits per heavy atom. The number of aromatic nitrogens is 1. The van der Waals surface area contributed by atoms with Crippen molar-refractivity contribution in [2.45, 2.75) is 43.8 Å². The number of hydrogen-bond acceptors (Lipinski definition) is 6. The zero-order chi connectivity index (χ0) is 22.4. The third-order valence-electron chi connectivity index (χ3n) is 6.01. The number of anilines is 2. The van der Waals surface area contributed by atoms with E-state index < -0.39 is 26.7 Å². The van der Waals surface area contributed by atoms with Crippen molar-refractivity contribution in [2.24, 2.45) is 11.3 Å². The first-order chi connectivity index (χ1) is 14.4. The molecule has 2 saturated heterocycles. The van der Waals surface area contributed by atoms with Gasteiger partial charge in [-0.15, -0.1) is 11.3 Å². The smallest absolute Gasteiger partial charge is 0.384 e. The van der Waals surface area contributed by atoms with E-state index in [1.165, 1.54) is 18.3 Å². The number of alkyl halides is 3. The molecule has 2 aliphatic rings. The van der Waals surface area contributed by atoms with E-state index in [1.807, 2.05) is 0 Å². The Kier molecular flexibility index (Phi) is 5.72. The average molecular weight is 475 g/mol. The summed E-state index contributed by atoms with van der Waals surface area (Å²) in [6.07, 6.45) is -1.30. The molecular weight excluding hydrogens is 449 g/mol. The van der Waals surface area contributed by atoms with Crippen LogP contribution in [-0.4, -0.2) is 44.0 Å². The second-order valence-electron chi connectivity index (χ2n) is 8.98. The van der Waals surface area contributed by atoms with E-state index in [9.17, 15) is 21.6 Å². The van der Waals surface area contributed by atoms with Crippen molar-refractivity contribution in [3.8, 4) is 0 Å². The number of thiazole rings is 1. The van der Waals surface area contributed by atoms with Gasteiger partial charge in [0.1, 0.15) is 0 Å². The van der Waals surface area contributed by atoms with Gasteiger partial charge in [-0.05, 0) is 48.9 Å². The largest absolute Gasteiger partial charge is 0.418 e. The molecule has 1 aromatic carbocycles. The topological polar surface area (TPSA) is 74.3 Å². The Morgan fingerprint density at radius 3 is 2.77 bits per heavy atom. The summed E-state index contributed by atoms with van der Waals surface area (Å²) in [7, 11) is -4.17. The number of nitrogens with one attached hydrogen (secondary N) is 2. The fourth-order valence-electron chi connectivity index (χ4n) is 4.67. The molecule has 3 heterocycles. The highest BCUT2D eigenvalue weighted by Gasteiger charge is 2.45. The lowest BCUT2D eigenvalue weighted by Crippen LogP contribution is -2.29. The van der Waals surface area contributed by atoms with Crippen molar-refractivity contribution in [1.82, 2.24) is 9.88 Å². The zero-order valence-electron chi connectivity index (χ0n) is 17.2. The molecule has 1 unspecified atom stereocenters. The molecule has 0 saturated carbocycles. The molecule has 31 heavy (non-hydrogen) atoms. The standard InChI is InChI=1S/C20H25F3N4O2S2/c1-19(2)10-17-13(5-7-27(17)12-19)11-25-16-4-3-14(9-15(16)20(21,22)23)31(28,29)26-18-24-6-8-30-18/h3-4,6,8-9,13,17,25H,5,7,10-12H2,1-2H3,(H,24,26)/t13-,17?/m0/s1. The predicted octanol–water partition coefficient (Wildman–Crippen LogP) is 4.50. The fraction of sp³-hybridized carbons (Fsp3) is 0.550. The Morgan fingerprint density at radius 2 is 2.10 bits per heavy atom. The van der Waals surface area contributed by atoms with E-state index in [4.69, 9.17) is 0 Å². The van der Waals surface area contributed by atoms with Crippen LogP contribution in [0.5, 0.6) is 0 Å². The van der Waals surface area contributed by atoms with Crippen LogP contribution in [0.25, 0.3) is 0 Å². The molecule has 11 heteroatoms. The van der Waals surface area contributed by atoms with Gasteiger partial charge >= 0.3 is 6.18 Å². The lowest BCUT2D eigenvalue weighted by molar-refractivity contribution is -0.137. The minimum absolute atomic E-state index is 0.0982. The van der Waals surface area contributed by atoms with E-state index in [2.05, 4.69) is 33.8 Å². The van der Waals surface area contributed by atoms with Crippen LogP contribution in [0.15, 0.2) is 34.7 Å². The molecule has 0 amide bonds. The molecule has 0 spiro atoms. The molecular formula is C20H25F3N4O2S2. The van der Waals surface area contributed by atoms with Gasteiger partial charge in [0.15, 0.2) is 5.13 Å². The molecule has 0 radical (unpaired) electrons. The van der Waals surface area contributed by atoms with Crippen LogP contribution < -0.4 is 10.0 Å². The summed E-state index contributed by atoms with van der Waals surface area (Å²) < 4.78 is 68.4. The highest BCUT2D eigenvalue weighted by atomic mass is 32.2. The summed E-state index contributed by atoms with van der Waals surface area (Å²) in [5, 5.41) is 4.62. The molecule has 2 aromatic rings. The molecule has 6 nitrogen and oxygen atoms in total. The number of benzene rings is 1. The molecule has 2 fully saturated rings. The van der Waals surface area contributed by atoms with Crippen LogP contribution in [0, 0.1) is 11.3 Å². The maximum atomic E-state index is 13.7. The van der Waals surface area contributed by atoms with Crippen LogP contribution in [-0.2, 0) is 16.2 Å². The van der Waals surface area contributed by atoms with Crippen LogP contribution in [0.4, 0.5) is 24.0 Å². The van der Waals surface area contributed by atoms with Gasteiger partial charge in [-0.1, -0.05) is 13.8 Å². The van der Waals surface area contributed by atoms with E-state index >= 15 is 0 Å². The molecule has 4 rings (SSSR count). The summed E-state index contributed by atoms with van der Waals surface area (Å²) >= 11 is 1.05. The first kappa shape index (κ1) is 22.3. The predicted molar refractivity (Wildman–Crippen MR) is 115 cm³/mol. The Bertz CT molecular complexity index is 1040. The molecule has 2 atom stereocenters. The summed E-state index contributed by atoms with van der Waals surface area (Å²) in [5.41, 5.74) is -0.867. The van der Waals surface area contributed by atoms with Crippen LogP contribution >= 0.6 is 11.3 Å². The minimum atomic E-state index is -4.69. The van der Waals surface area contributed by atoms with Gasteiger partial charge in [-0.25, -0.2) is 13.4 Å². The number of halogens is 3. The van der Waals surface area contributed by atoms with Crippen molar-refractivity contribution in [3.63, 3.8) is 0 Å². The average Bonchev–Trinajstić information content (AvgIpc) is 3.35. The second-order valence-corrected chi connectivity index (χ2v) is 11.6. The summed E-state index contributed by atoms with van der Waals surface area (Å²) in [6.45, 7) is 6.84. The van der Waals surface area contributed by atoms with E-state index in [1.54, 1.807) is 5.38 Å². The van der Waals surface area contributed by atoms with Gasteiger partial charge in [0.05, 0.1) is 10.5 Å². The molecule has 0 aliphatic carbocycles. The summed E-state index contributed by atoms with van der Waals surface area (Å²) in [5.74, 6) is 0.262. The first-order valence-electron chi connectivity index (χ1n) is 10.1. The Balaban J connectivity index is 1.53. The van der Waals surface area contributed by atoms with Gasteiger partial charge in [0.2, 0.25) is 0 Å². The van der Waals surface area contributed by atoms with Crippen molar-refractivity contribution in [2.75, 3.05) is 29.7 Å². The van der Waals surface area contributed by atoms with Crippen molar-refractivity contribution in [1.29, 1.82) is 0 Å². The lowest BCUT2D eigenvalue weighted by atomic mass is 9.86. The van der Waals surface area contributed by atoms with Crippen LogP contribution in [0.1, 0.15) is 32.3 Å². The number of hydrogen-bond donors (Lipinski definition) is 2. The normalized spacial score (nSPS) is 23.6. The zero-order valence-corrected chi connectivity index (χ0v) is 18.9. The molecule has 1 aromatic heterocycles. The van der Waals surface area contributed by atoms with Crippen molar-refractivity contribution >= 4 is 32.2 Å². The Labute approximate surface area is 183 Å². The third-order valence-corrected chi connectivity index (χ3v) is 8.16. The van der Waals surface area contributed by atoms with Gasteiger partial charge in [0, 0.05) is 36.4 Å². The minimum Gasteiger partial charge on any atom is -0.384 e. The van der Waals surface area contributed by atoms with Crippen molar-refractivity contribution < 1.29 is 21.6 Å². The summed E-state index contributed by atoms with van der Waals surface area (Å²) in [6, 6.07) is 3.44. The molecule has 0 bridgehead atoms. The van der Waals surface area contributed by atoms with Gasteiger partial charge in [0.25, 0.3) is 10.0 Å². The highest BCUT2D eigenvalue weighted by molar-refractivity contribution is 7.93. The van der Waals surface area contributed by atoms with Gasteiger partial charge < -0.3 is 5.32 Å². The summed E-state index contributed by atoms with van der Waals surface area (Å²) in [4.78, 5) is 5.79. The van der Waals surface area contributed by atoms with Crippen molar-refractivity contribution in [3.05, 3.63) is 35.3 Å². The van der Waals surface area contributed by atoms with E-state index in [0.717, 1.165) is 37.3 Å². The first-order valence-corrected chi connectivity index (χ1v) is 12.4. The number of sulfonamides is 1. The highest BCUT2D eigenvalue weighted by Crippen LogP contribution is 2.42. The van der Waals surface area contributed by atoms with Crippen LogP contribution in [0.3, 0.4) is 0 Å². The number of fused-ring (bicyclic) bond motifs is 1. The SMILES string of the molecule is CC1(C)CC2[C@H](CNc3ccc(S(=O)(=O)Nc4nccs4)cc3C(F)(F)F)CCN2C1. The molecule has 2 N–H and O–H groups in total. The van der Waals surface area contributed by atoms with E-state index in [0.29, 0.717) is 18.7 Å². The van der Waals surface area contributed by atoms with Crippen LogP contribution in [0.2, 0.25) is 0 Å². The van der Waals surface area contributed by atoms with Gasteiger partial charge in [-0.3, -0.25) is 9.62 Å². The quantitative estimate of drug-likeness (QED) is 0.645. The van der Waals surface area contributed by atoms with E-state index in [-0.39, 0.29) is 22.2 Å². The number of nitrogens with zero attached hydrogens (tertiary/aromatic N) is 2. The maximum absolute atomic E-state index is 13.7. The monoisotopic (exact) mass is 474 g/mol. The molecule has 170 valence electrons. The second kappa shape index (κ2) is 7.93. The lowest BCUT2D eigenvalue weighted by Gasteiger charge is -2.23.